The Morgan fingerprint density at radius 3 is 1.41 bits per heavy atom. The van der Waals surface area contributed by atoms with E-state index in [4.69, 9.17) is 4.42 Å². The summed E-state index contributed by atoms with van der Waals surface area (Å²) in [6.07, 6.45) is 0. The number of hydrogen-bond acceptors (Lipinski definition) is 1. The van der Waals surface area contributed by atoms with Crippen LogP contribution in [0.1, 0.15) is 0 Å². The molecule has 0 bridgehead atoms. The van der Waals surface area contributed by atoms with Crippen LogP contribution in [0.4, 0.5) is 0 Å². The summed E-state index contributed by atoms with van der Waals surface area (Å²) in [6.45, 7) is 0. The first-order chi connectivity index (χ1) is 24.3. The summed E-state index contributed by atoms with van der Waals surface area (Å²) in [4.78, 5) is 0. The molecule has 226 valence electrons. The summed E-state index contributed by atoms with van der Waals surface area (Å²) in [6, 6.07) is 62.2. The molecule has 10 aromatic rings. The van der Waals surface area contributed by atoms with Crippen molar-refractivity contribution in [1.82, 2.24) is 0 Å². The molecule has 1 aliphatic carbocycles. The molecule has 0 radical (unpaired) electrons. The monoisotopic (exact) mass is 620 g/mol. The van der Waals surface area contributed by atoms with Crippen LogP contribution < -0.4 is 0 Å². The van der Waals surface area contributed by atoms with E-state index >= 15 is 0 Å². The molecular formula is C48H28O. The van der Waals surface area contributed by atoms with Gasteiger partial charge in [0.15, 0.2) is 0 Å². The quantitative estimate of drug-likeness (QED) is 0.175. The number of rotatable bonds is 2. The van der Waals surface area contributed by atoms with E-state index in [0.717, 1.165) is 27.5 Å². The summed E-state index contributed by atoms with van der Waals surface area (Å²) in [7, 11) is 0. The smallest absolute Gasteiger partial charge is 0.136 e. The van der Waals surface area contributed by atoms with Gasteiger partial charge in [0.05, 0.1) is 0 Å². The topological polar surface area (TPSA) is 13.1 Å². The zero-order valence-corrected chi connectivity index (χ0v) is 26.6. The molecule has 0 aliphatic heterocycles. The molecule has 1 aliphatic rings. The Bertz CT molecular complexity index is 2930. The Labute approximate surface area is 283 Å². The Morgan fingerprint density at radius 2 is 0.755 bits per heavy atom. The Hall–Kier alpha value is -6.44. The Kier molecular flexibility index (Phi) is 5.45. The summed E-state index contributed by atoms with van der Waals surface area (Å²) < 4.78 is 6.37. The molecule has 0 N–H and O–H groups in total. The van der Waals surface area contributed by atoms with E-state index in [9.17, 15) is 0 Å². The third kappa shape index (κ3) is 3.76. The van der Waals surface area contributed by atoms with Crippen LogP contribution in [0.25, 0.3) is 110 Å². The van der Waals surface area contributed by atoms with E-state index in [1.54, 1.807) is 0 Å². The largest absolute Gasteiger partial charge is 0.456 e. The molecule has 1 nitrogen and oxygen atoms in total. The van der Waals surface area contributed by atoms with Gasteiger partial charge in [-0.05, 0) is 112 Å². The van der Waals surface area contributed by atoms with Crippen LogP contribution in [-0.2, 0) is 0 Å². The van der Waals surface area contributed by atoms with Gasteiger partial charge in [-0.1, -0.05) is 146 Å². The van der Waals surface area contributed by atoms with Crippen molar-refractivity contribution in [2.24, 2.45) is 0 Å². The van der Waals surface area contributed by atoms with Crippen molar-refractivity contribution in [2.45, 2.75) is 0 Å². The van der Waals surface area contributed by atoms with Gasteiger partial charge in [-0.25, -0.2) is 0 Å². The van der Waals surface area contributed by atoms with E-state index in [-0.39, 0.29) is 0 Å². The van der Waals surface area contributed by atoms with Crippen molar-refractivity contribution in [3.05, 3.63) is 170 Å². The summed E-state index contributed by atoms with van der Waals surface area (Å²) >= 11 is 0. The minimum absolute atomic E-state index is 0.913. The maximum atomic E-state index is 6.37. The second-order valence-electron chi connectivity index (χ2n) is 13.2. The first-order valence-electron chi connectivity index (χ1n) is 16.9. The van der Waals surface area contributed by atoms with Gasteiger partial charge in [0.1, 0.15) is 11.2 Å². The maximum absolute atomic E-state index is 6.37. The average Bonchev–Trinajstić information content (AvgIpc) is 3.49. The van der Waals surface area contributed by atoms with Crippen molar-refractivity contribution in [2.75, 3.05) is 0 Å². The van der Waals surface area contributed by atoms with Gasteiger partial charge in [-0.2, -0.15) is 0 Å². The molecule has 0 saturated heterocycles. The summed E-state index contributed by atoms with van der Waals surface area (Å²) in [5, 5.41) is 9.85. The van der Waals surface area contributed by atoms with E-state index in [0.29, 0.717) is 0 Å². The van der Waals surface area contributed by atoms with Gasteiger partial charge in [0, 0.05) is 10.8 Å². The molecular weight excluding hydrogens is 593 g/mol. The maximum Gasteiger partial charge on any atom is 0.136 e. The van der Waals surface area contributed by atoms with Crippen molar-refractivity contribution >= 4 is 54.3 Å². The van der Waals surface area contributed by atoms with Crippen molar-refractivity contribution in [3.63, 3.8) is 0 Å². The molecule has 1 heteroatoms. The lowest BCUT2D eigenvalue weighted by Crippen LogP contribution is -1.92. The number of hydrogen-bond donors (Lipinski definition) is 0. The Balaban J connectivity index is 1.20. The summed E-state index contributed by atoms with van der Waals surface area (Å²) in [5.74, 6) is 0. The predicted octanol–water partition coefficient (Wildman–Crippen LogP) is 13.7. The van der Waals surface area contributed by atoms with Crippen molar-refractivity contribution in [3.8, 4) is 55.6 Å². The van der Waals surface area contributed by atoms with Gasteiger partial charge >= 0.3 is 0 Å². The van der Waals surface area contributed by atoms with Gasteiger partial charge in [-0.15, -0.1) is 0 Å². The second kappa shape index (κ2) is 10.0. The number of benzene rings is 9. The molecule has 0 spiro atoms. The van der Waals surface area contributed by atoms with Crippen LogP contribution in [0, 0.1) is 0 Å². The van der Waals surface area contributed by atoms with E-state index in [1.807, 2.05) is 12.1 Å². The van der Waals surface area contributed by atoms with Crippen LogP contribution in [0.5, 0.6) is 0 Å². The van der Waals surface area contributed by atoms with E-state index in [1.165, 1.54) is 82.4 Å². The lowest BCUT2D eigenvalue weighted by molar-refractivity contribution is 0.669. The second-order valence-corrected chi connectivity index (χ2v) is 13.2. The highest BCUT2D eigenvalue weighted by Gasteiger charge is 2.23. The molecule has 11 rings (SSSR count). The highest BCUT2D eigenvalue weighted by Crippen LogP contribution is 2.50. The van der Waals surface area contributed by atoms with Crippen LogP contribution in [0.2, 0.25) is 0 Å². The normalized spacial score (nSPS) is 12.1. The minimum atomic E-state index is 0.913. The minimum Gasteiger partial charge on any atom is -0.456 e. The molecule has 1 heterocycles. The molecule has 0 unspecified atom stereocenters. The van der Waals surface area contributed by atoms with Crippen molar-refractivity contribution in [1.29, 1.82) is 0 Å². The lowest BCUT2D eigenvalue weighted by atomic mass is 9.84. The number of para-hydroxylation sites is 1. The average molecular weight is 621 g/mol. The first-order valence-corrected chi connectivity index (χ1v) is 16.9. The number of furan rings is 1. The number of fused-ring (bicyclic) bond motifs is 10. The molecule has 1 aromatic heterocycles. The van der Waals surface area contributed by atoms with Crippen LogP contribution >= 0.6 is 0 Å². The molecule has 0 atom stereocenters. The third-order valence-corrected chi connectivity index (χ3v) is 10.6. The zero-order chi connectivity index (χ0) is 32.1. The molecule has 9 aromatic carbocycles. The Morgan fingerprint density at radius 1 is 0.286 bits per heavy atom. The lowest BCUT2D eigenvalue weighted by Gasteiger charge is -2.19. The SMILES string of the molecule is c1ccc2c(c1)-c1cc(-c3c4ccccc4c(-c4ccc5c(c4)oc4ccccc45)c4ccccc34)ccc1-c1cccc3cccc-2c13. The fourth-order valence-electron chi connectivity index (χ4n) is 8.53. The van der Waals surface area contributed by atoms with Crippen LogP contribution in [0.3, 0.4) is 0 Å². The van der Waals surface area contributed by atoms with Gasteiger partial charge in [0.2, 0.25) is 0 Å². The van der Waals surface area contributed by atoms with Gasteiger partial charge in [-0.3, -0.25) is 0 Å². The standard InChI is InChI=1S/C48H28O/c1-2-14-33-32(13-1)37-20-9-11-29-12-10-21-38(46(29)37)34-25-23-30(27-43(33)34)47-39-16-3-5-18-41(39)48(42-19-6-4-17-40(42)47)31-24-26-36-35-15-7-8-22-44(35)49-45(36)28-31/h1-28H. The van der Waals surface area contributed by atoms with Crippen molar-refractivity contribution < 1.29 is 4.42 Å². The van der Waals surface area contributed by atoms with Crippen LogP contribution in [-0.4, -0.2) is 0 Å². The van der Waals surface area contributed by atoms with E-state index < -0.39 is 0 Å². The highest BCUT2D eigenvalue weighted by atomic mass is 16.3. The fraction of sp³-hybridized carbons (Fsp3) is 0. The molecule has 0 amide bonds. The van der Waals surface area contributed by atoms with Crippen LogP contribution in [0.15, 0.2) is 174 Å². The summed E-state index contributed by atoms with van der Waals surface area (Å²) in [5.41, 5.74) is 14.4. The molecule has 0 fully saturated rings. The predicted molar refractivity (Wildman–Crippen MR) is 207 cm³/mol. The van der Waals surface area contributed by atoms with Gasteiger partial charge < -0.3 is 4.42 Å². The van der Waals surface area contributed by atoms with Gasteiger partial charge in [0.25, 0.3) is 0 Å². The first kappa shape index (κ1) is 26.6. The molecule has 0 saturated carbocycles. The fourth-order valence-corrected chi connectivity index (χ4v) is 8.53. The molecule has 49 heavy (non-hydrogen) atoms. The zero-order valence-electron chi connectivity index (χ0n) is 26.6. The highest BCUT2D eigenvalue weighted by molar-refractivity contribution is 6.23. The van der Waals surface area contributed by atoms with E-state index in [2.05, 4.69) is 158 Å². The third-order valence-electron chi connectivity index (χ3n) is 10.6.